The van der Waals surface area contributed by atoms with Crippen molar-refractivity contribution in [1.82, 2.24) is 4.57 Å². The average Bonchev–Trinajstić information content (AvgIpc) is 2.34. The highest BCUT2D eigenvalue weighted by Gasteiger charge is 2.02. The van der Waals surface area contributed by atoms with Crippen LogP contribution in [-0.4, -0.2) is 10.5 Å². The molecule has 0 spiro atoms. The number of primary amides is 1. The molecule has 0 radical (unpaired) electrons. The van der Waals surface area contributed by atoms with Gasteiger partial charge in [-0.05, 0) is 23.8 Å². The SMILES string of the molecule is NC(=O)c1ccc(Cn2cc(F)ccc2=O)cc1. The molecule has 0 fully saturated rings. The predicted octanol–water partition coefficient (Wildman–Crippen LogP) is 1.13. The highest BCUT2D eigenvalue weighted by molar-refractivity contribution is 5.92. The van der Waals surface area contributed by atoms with E-state index >= 15 is 0 Å². The molecular formula is C13H11FN2O2. The minimum atomic E-state index is -0.510. The van der Waals surface area contributed by atoms with Crippen molar-refractivity contribution in [2.24, 2.45) is 5.73 Å². The summed E-state index contributed by atoms with van der Waals surface area (Å²) in [5.41, 5.74) is 6.01. The summed E-state index contributed by atoms with van der Waals surface area (Å²) in [6, 6.07) is 8.79. The van der Waals surface area contributed by atoms with E-state index in [1.54, 1.807) is 24.3 Å². The molecule has 0 aliphatic carbocycles. The molecule has 0 unspecified atom stereocenters. The first kappa shape index (κ1) is 12.0. The molecule has 4 nitrogen and oxygen atoms in total. The molecule has 1 amide bonds. The van der Waals surface area contributed by atoms with Crippen molar-refractivity contribution in [3.8, 4) is 0 Å². The largest absolute Gasteiger partial charge is 0.366 e. The fourth-order valence-corrected chi connectivity index (χ4v) is 1.60. The van der Waals surface area contributed by atoms with Crippen LogP contribution in [0.2, 0.25) is 0 Å². The Balaban J connectivity index is 2.26. The molecule has 0 aliphatic rings. The monoisotopic (exact) mass is 246 g/mol. The van der Waals surface area contributed by atoms with Crippen molar-refractivity contribution in [3.63, 3.8) is 0 Å². The van der Waals surface area contributed by atoms with Gasteiger partial charge in [0.05, 0.1) is 6.54 Å². The third-order valence-electron chi connectivity index (χ3n) is 2.54. The van der Waals surface area contributed by atoms with E-state index in [9.17, 15) is 14.0 Å². The highest BCUT2D eigenvalue weighted by Crippen LogP contribution is 2.05. The second kappa shape index (κ2) is 4.83. The third kappa shape index (κ3) is 2.63. The van der Waals surface area contributed by atoms with Crippen LogP contribution < -0.4 is 11.3 Å². The molecule has 1 aromatic carbocycles. The number of carbonyl (C=O) groups excluding carboxylic acids is 1. The van der Waals surface area contributed by atoms with Gasteiger partial charge in [-0.25, -0.2) is 4.39 Å². The quantitative estimate of drug-likeness (QED) is 0.882. The second-order valence-electron chi connectivity index (χ2n) is 3.87. The minimum absolute atomic E-state index is 0.246. The Morgan fingerprint density at radius 2 is 1.83 bits per heavy atom. The van der Waals surface area contributed by atoms with Crippen molar-refractivity contribution >= 4 is 5.91 Å². The summed E-state index contributed by atoms with van der Waals surface area (Å²) < 4.78 is 14.3. The summed E-state index contributed by atoms with van der Waals surface area (Å²) in [5, 5.41) is 0. The molecule has 2 aromatic rings. The van der Waals surface area contributed by atoms with Gasteiger partial charge in [-0.1, -0.05) is 12.1 Å². The molecule has 0 saturated carbocycles. The first-order valence-electron chi connectivity index (χ1n) is 5.31. The maximum Gasteiger partial charge on any atom is 0.251 e. The van der Waals surface area contributed by atoms with Crippen LogP contribution in [0.5, 0.6) is 0 Å². The summed E-state index contributed by atoms with van der Waals surface area (Å²) >= 11 is 0. The van der Waals surface area contributed by atoms with E-state index in [4.69, 9.17) is 5.73 Å². The Labute approximate surface area is 102 Å². The molecule has 2 N–H and O–H groups in total. The molecule has 1 aromatic heterocycles. The van der Waals surface area contributed by atoms with Crippen molar-refractivity contribution in [3.05, 3.63) is 69.9 Å². The molecule has 0 atom stereocenters. The lowest BCUT2D eigenvalue weighted by Gasteiger charge is -2.06. The molecule has 0 aliphatic heterocycles. The van der Waals surface area contributed by atoms with E-state index < -0.39 is 11.7 Å². The molecule has 5 heteroatoms. The van der Waals surface area contributed by atoms with Gasteiger partial charge in [0, 0.05) is 17.8 Å². The van der Waals surface area contributed by atoms with Crippen LogP contribution in [-0.2, 0) is 6.54 Å². The average molecular weight is 246 g/mol. The lowest BCUT2D eigenvalue weighted by Crippen LogP contribution is -2.19. The third-order valence-corrected chi connectivity index (χ3v) is 2.54. The molecule has 2 rings (SSSR count). The number of hydrogen-bond donors (Lipinski definition) is 1. The van der Waals surface area contributed by atoms with Crippen molar-refractivity contribution < 1.29 is 9.18 Å². The zero-order valence-corrected chi connectivity index (χ0v) is 9.47. The fraction of sp³-hybridized carbons (Fsp3) is 0.0769. The van der Waals surface area contributed by atoms with Gasteiger partial charge >= 0.3 is 0 Å². The highest BCUT2D eigenvalue weighted by atomic mass is 19.1. The number of hydrogen-bond acceptors (Lipinski definition) is 2. The molecule has 0 bridgehead atoms. The van der Waals surface area contributed by atoms with Gasteiger partial charge < -0.3 is 10.3 Å². The van der Waals surface area contributed by atoms with Crippen molar-refractivity contribution in [1.29, 1.82) is 0 Å². The number of carbonyl (C=O) groups is 1. The number of amides is 1. The number of nitrogens with zero attached hydrogens (tertiary/aromatic N) is 1. The molecular weight excluding hydrogens is 235 g/mol. The van der Waals surface area contributed by atoms with Crippen LogP contribution in [0.1, 0.15) is 15.9 Å². The molecule has 1 heterocycles. The minimum Gasteiger partial charge on any atom is -0.366 e. The molecule has 18 heavy (non-hydrogen) atoms. The van der Waals surface area contributed by atoms with E-state index in [2.05, 4.69) is 0 Å². The maximum absolute atomic E-state index is 13.0. The normalized spacial score (nSPS) is 10.3. The fourth-order valence-electron chi connectivity index (χ4n) is 1.60. The number of halogens is 1. The van der Waals surface area contributed by atoms with Gasteiger partial charge in [0.25, 0.3) is 5.56 Å². The summed E-state index contributed by atoms with van der Waals surface area (Å²) in [6.07, 6.45) is 1.14. The Kier molecular flexibility index (Phi) is 3.23. The molecule has 92 valence electrons. The van der Waals surface area contributed by atoms with Crippen LogP contribution >= 0.6 is 0 Å². The predicted molar refractivity (Wildman–Crippen MR) is 64.7 cm³/mol. The number of benzene rings is 1. The first-order valence-corrected chi connectivity index (χ1v) is 5.31. The van der Waals surface area contributed by atoms with E-state index in [1.165, 1.54) is 10.6 Å². The summed E-state index contributed by atoms with van der Waals surface area (Å²) in [7, 11) is 0. The van der Waals surface area contributed by atoms with Gasteiger partial charge in [-0.3, -0.25) is 9.59 Å². The summed E-state index contributed by atoms with van der Waals surface area (Å²) in [4.78, 5) is 22.4. The zero-order chi connectivity index (χ0) is 13.1. The van der Waals surface area contributed by atoms with Crippen LogP contribution in [0.15, 0.2) is 47.4 Å². The van der Waals surface area contributed by atoms with Crippen molar-refractivity contribution in [2.75, 3.05) is 0 Å². The van der Waals surface area contributed by atoms with Crippen LogP contribution in [0.4, 0.5) is 4.39 Å². The number of nitrogens with two attached hydrogens (primary N) is 1. The van der Waals surface area contributed by atoms with E-state index in [-0.39, 0.29) is 12.1 Å². The Morgan fingerprint density at radius 3 is 2.44 bits per heavy atom. The lowest BCUT2D eigenvalue weighted by molar-refractivity contribution is 0.100. The smallest absolute Gasteiger partial charge is 0.251 e. The van der Waals surface area contributed by atoms with Crippen LogP contribution in [0.3, 0.4) is 0 Å². The Hall–Kier alpha value is -2.43. The second-order valence-corrected chi connectivity index (χ2v) is 3.87. The van der Waals surface area contributed by atoms with Crippen molar-refractivity contribution in [2.45, 2.75) is 6.54 Å². The number of rotatable bonds is 3. The van der Waals surface area contributed by atoms with Gasteiger partial charge in [-0.15, -0.1) is 0 Å². The van der Waals surface area contributed by atoms with Gasteiger partial charge in [-0.2, -0.15) is 0 Å². The van der Waals surface area contributed by atoms with E-state index in [1.807, 2.05) is 0 Å². The number of aromatic nitrogens is 1. The maximum atomic E-state index is 13.0. The van der Waals surface area contributed by atoms with Gasteiger partial charge in [0.2, 0.25) is 5.91 Å². The van der Waals surface area contributed by atoms with Gasteiger partial charge in [0.15, 0.2) is 0 Å². The van der Waals surface area contributed by atoms with Crippen LogP contribution in [0.25, 0.3) is 0 Å². The van der Waals surface area contributed by atoms with Crippen LogP contribution in [0, 0.1) is 5.82 Å². The summed E-state index contributed by atoms with van der Waals surface area (Å²) in [5.74, 6) is -0.979. The zero-order valence-electron chi connectivity index (χ0n) is 9.47. The van der Waals surface area contributed by atoms with Gasteiger partial charge in [0.1, 0.15) is 5.82 Å². The topological polar surface area (TPSA) is 65.1 Å². The Morgan fingerprint density at radius 1 is 1.17 bits per heavy atom. The standard InChI is InChI=1S/C13H11FN2O2/c14-11-5-6-12(17)16(8-11)7-9-1-3-10(4-2-9)13(15)18/h1-6,8H,7H2,(H2,15,18). The lowest BCUT2D eigenvalue weighted by atomic mass is 10.1. The molecule has 0 saturated heterocycles. The number of pyridine rings is 1. The Bertz CT molecular complexity index is 632. The van der Waals surface area contributed by atoms with E-state index in [0.717, 1.165) is 17.8 Å². The van der Waals surface area contributed by atoms with E-state index in [0.29, 0.717) is 5.56 Å². The first-order chi connectivity index (χ1) is 8.56. The summed E-state index contributed by atoms with van der Waals surface area (Å²) in [6.45, 7) is 0.246.